The van der Waals surface area contributed by atoms with Gasteiger partial charge in [0.25, 0.3) is 0 Å². The van der Waals surface area contributed by atoms with Crippen molar-refractivity contribution in [1.82, 2.24) is 4.98 Å². The predicted molar refractivity (Wildman–Crippen MR) is 88.5 cm³/mol. The average molecular weight is 345 g/mol. The molecule has 0 radical (unpaired) electrons. The Labute approximate surface area is 144 Å². The fourth-order valence-corrected chi connectivity index (χ4v) is 2.61. The molecule has 1 aromatic heterocycles. The lowest BCUT2D eigenvalue weighted by atomic mass is 9.96. The lowest BCUT2D eigenvalue weighted by Crippen LogP contribution is -2.14. The van der Waals surface area contributed by atoms with E-state index in [0.29, 0.717) is 5.56 Å². The lowest BCUT2D eigenvalue weighted by Gasteiger charge is -2.10. The number of aromatic amines is 1. The molecule has 2 rings (SSSR count). The molecule has 0 fully saturated rings. The quantitative estimate of drug-likeness (QED) is 0.780. The molecule has 1 unspecified atom stereocenters. The molecule has 1 aromatic carbocycles. The van der Waals surface area contributed by atoms with Crippen LogP contribution in [0.15, 0.2) is 30.3 Å². The van der Waals surface area contributed by atoms with E-state index in [1.165, 1.54) is 14.0 Å². The Morgan fingerprint density at radius 1 is 1.16 bits per heavy atom. The van der Waals surface area contributed by atoms with Gasteiger partial charge in [0.05, 0.1) is 13.0 Å². The largest absolute Gasteiger partial charge is 0.477 e. The Hall–Kier alpha value is -3.09. The van der Waals surface area contributed by atoms with Crippen LogP contribution in [-0.4, -0.2) is 35.1 Å². The van der Waals surface area contributed by atoms with Crippen LogP contribution in [0.1, 0.15) is 50.5 Å². The number of aromatic nitrogens is 1. The van der Waals surface area contributed by atoms with E-state index in [4.69, 9.17) is 4.74 Å². The number of ether oxygens (including phenoxy) is 2. The van der Waals surface area contributed by atoms with Gasteiger partial charge < -0.3 is 19.6 Å². The fraction of sp³-hybridized carbons (Fsp3) is 0.278. The third kappa shape index (κ3) is 3.88. The molecule has 0 amide bonds. The van der Waals surface area contributed by atoms with E-state index in [2.05, 4.69) is 9.72 Å². The summed E-state index contributed by atoms with van der Waals surface area (Å²) >= 11 is 0. The summed E-state index contributed by atoms with van der Waals surface area (Å²) in [4.78, 5) is 38.1. The van der Waals surface area contributed by atoms with Crippen LogP contribution >= 0.6 is 0 Å². The summed E-state index contributed by atoms with van der Waals surface area (Å²) in [6, 6.07) is 9.11. The molecule has 1 heterocycles. The topological polar surface area (TPSA) is 106 Å². The number of aromatic carboxylic acids is 1. The number of esters is 2. The number of hydrogen-bond acceptors (Lipinski definition) is 5. The van der Waals surface area contributed by atoms with Gasteiger partial charge in [-0.1, -0.05) is 30.3 Å². The van der Waals surface area contributed by atoms with Crippen molar-refractivity contribution in [2.45, 2.75) is 26.4 Å². The summed E-state index contributed by atoms with van der Waals surface area (Å²) in [6.07, 6.45) is 0. The molecule has 0 aliphatic rings. The van der Waals surface area contributed by atoms with Crippen molar-refractivity contribution in [2.75, 3.05) is 7.11 Å². The van der Waals surface area contributed by atoms with Gasteiger partial charge in [0.2, 0.25) is 0 Å². The highest BCUT2D eigenvalue weighted by atomic mass is 16.5. The van der Waals surface area contributed by atoms with Crippen LogP contribution in [0, 0.1) is 6.92 Å². The molecule has 7 heteroatoms. The Balaban J connectivity index is 2.30. The summed E-state index contributed by atoms with van der Waals surface area (Å²) in [5.74, 6) is -3.38. The number of carbonyl (C=O) groups excluding carboxylic acids is 2. The summed E-state index contributed by atoms with van der Waals surface area (Å²) in [5, 5.41) is 9.36. The van der Waals surface area contributed by atoms with Crippen LogP contribution in [0.2, 0.25) is 0 Å². The predicted octanol–water partition coefficient (Wildman–Crippen LogP) is 2.65. The van der Waals surface area contributed by atoms with Crippen molar-refractivity contribution in [3.05, 3.63) is 58.4 Å². The van der Waals surface area contributed by atoms with E-state index in [-0.39, 0.29) is 23.6 Å². The van der Waals surface area contributed by atoms with Gasteiger partial charge in [0.15, 0.2) is 0 Å². The summed E-state index contributed by atoms with van der Waals surface area (Å²) in [6.45, 7) is 3.15. The molecule has 132 valence electrons. The number of benzene rings is 1. The maximum absolute atomic E-state index is 12.3. The van der Waals surface area contributed by atoms with E-state index < -0.39 is 23.8 Å². The molecule has 2 aromatic rings. The van der Waals surface area contributed by atoms with E-state index in [0.717, 1.165) is 5.56 Å². The first kappa shape index (κ1) is 18.3. The van der Waals surface area contributed by atoms with Crippen molar-refractivity contribution < 1.29 is 29.0 Å². The monoisotopic (exact) mass is 345 g/mol. The van der Waals surface area contributed by atoms with Crippen LogP contribution in [0.5, 0.6) is 0 Å². The Morgan fingerprint density at radius 2 is 1.80 bits per heavy atom. The van der Waals surface area contributed by atoms with Gasteiger partial charge >= 0.3 is 17.9 Å². The molecule has 7 nitrogen and oxygen atoms in total. The van der Waals surface area contributed by atoms with Crippen molar-refractivity contribution in [3.63, 3.8) is 0 Å². The molecule has 0 aliphatic heterocycles. The maximum atomic E-state index is 12.3. The van der Waals surface area contributed by atoms with Gasteiger partial charge in [-0.2, -0.15) is 0 Å². The second kappa shape index (κ2) is 7.65. The Morgan fingerprint density at radius 3 is 2.36 bits per heavy atom. The second-order valence-electron chi connectivity index (χ2n) is 5.53. The van der Waals surface area contributed by atoms with Gasteiger partial charge in [-0.15, -0.1) is 0 Å². The molecule has 0 saturated heterocycles. The van der Waals surface area contributed by atoms with Crippen molar-refractivity contribution in [2.24, 2.45) is 0 Å². The fourth-order valence-electron chi connectivity index (χ4n) is 2.61. The molecule has 0 bridgehead atoms. The van der Waals surface area contributed by atoms with Crippen LogP contribution in [0.25, 0.3) is 0 Å². The molecule has 0 spiro atoms. The summed E-state index contributed by atoms with van der Waals surface area (Å²) in [5.41, 5.74) is 1.17. The minimum atomic E-state index is -1.27. The van der Waals surface area contributed by atoms with Crippen LogP contribution in [-0.2, 0) is 20.9 Å². The number of nitrogens with one attached hydrogen (secondary N) is 1. The van der Waals surface area contributed by atoms with Gasteiger partial charge in [0.1, 0.15) is 18.0 Å². The van der Waals surface area contributed by atoms with Crippen LogP contribution < -0.4 is 0 Å². The number of carbonyl (C=O) groups is 3. The molecule has 25 heavy (non-hydrogen) atoms. The highest BCUT2D eigenvalue weighted by molar-refractivity contribution is 5.97. The van der Waals surface area contributed by atoms with E-state index in [9.17, 15) is 19.5 Å². The summed E-state index contributed by atoms with van der Waals surface area (Å²) in [7, 11) is 1.22. The third-order valence-corrected chi connectivity index (χ3v) is 3.92. The van der Waals surface area contributed by atoms with Crippen LogP contribution in [0.4, 0.5) is 0 Å². The maximum Gasteiger partial charge on any atom is 0.355 e. The second-order valence-corrected chi connectivity index (χ2v) is 5.53. The average Bonchev–Trinajstić information content (AvgIpc) is 2.96. The van der Waals surface area contributed by atoms with E-state index in [1.807, 2.05) is 30.3 Å². The number of H-pyrrole nitrogens is 1. The van der Waals surface area contributed by atoms with Gasteiger partial charge in [-0.05, 0) is 25.0 Å². The van der Waals surface area contributed by atoms with Crippen molar-refractivity contribution in [3.8, 4) is 0 Å². The molecule has 1 atom stereocenters. The van der Waals surface area contributed by atoms with Crippen molar-refractivity contribution in [1.29, 1.82) is 0 Å². The zero-order chi connectivity index (χ0) is 18.6. The number of carboxylic acids is 1. The number of hydrogen-bond donors (Lipinski definition) is 2. The minimum Gasteiger partial charge on any atom is -0.477 e. The molecule has 0 saturated carbocycles. The highest BCUT2D eigenvalue weighted by Gasteiger charge is 2.30. The first-order chi connectivity index (χ1) is 11.9. The first-order valence-electron chi connectivity index (χ1n) is 7.61. The third-order valence-electron chi connectivity index (χ3n) is 3.92. The smallest absolute Gasteiger partial charge is 0.355 e. The normalized spacial score (nSPS) is 11.6. The number of methoxy groups -OCH3 is 1. The molecular formula is C18H19NO6. The van der Waals surface area contributed by atoms with Crippen LogP contribution in [0.3, 0.4) is 0 Å². The van der Waals surface area contributed by atoms with E-state index in [1.54, 1.807) is 6.92 Å². The van der Waals surface area contributed by atoms with Crippen molar-refractivity contribution >= 4 is 17.9 Å². The standard InChI is InChI=1S/C18H19NO6/c1-10-13(11(2)17(22)24-3)15(16(20)21)19-14(10)18(23)25-9-12-7-5-4-6-8-12/h4-8,11,19H,9H2,1-3H3,(H,20,21). The van der Waals surface area contributed by atoms with Gasteiger partial charge in [0, 0.05) is 5.56 Å². The zero-order valence-electron chi connectivity index (χ0n) is 14.2. The lowest BCUT2D eigenvalue weighted by molar-refractivity contribution is -0.142. The molecule has 0 aliphatic carbocycles. The minimum absolute atomic E-state index is 0.0130. The molecular weight excluding hydrogens is 326 g/mol. The van der Waals surface area contributed by atoms with Gasteiger partial charge in [-0.25, -0.2) is 9.59 Å². The summed E-state index contributed by atoms with van der Waals surface area (Å²) < 4.78 is 9.90. The molecule has 2 N–H and O–H groups in total. The van der Waals surface area contributed by atoms with Gasteiger partial charge in [-0.3, -0.25) is 4.79 Å². The Kier molecular flexibility index (Phi) is 5.59. The first-order valence-corrected chi connectivity index (χ1v) is 7.61. The number of carboxylic acid groups (broad SMARTS) is 1. The zero-order valence-corrected chi connectivity index (χ0v) is 14.2. The SMILES string of the molecule is COC(=O)C(C)c1c(C(=O)O)[nH]c(C(=O)OCc2ccccc2)c1C. The highest BCUT2D eigenvalue weighted by Crippen LogP contribution is 2.28. The van der Waals surface area contributed by atoms with E-state index >= 15 is 0 Å². The number of rotatable bonds is 6. The Bertz CT molecular complexity index is 793.